The van der Waals surface area contributed by atoms with Crippen LogP contribution in [0.4, 0.5) is 0 Å². The maximum Gasteiger partial charge on any atom is 0.340 e. The number of ether oxygens (including phenoxy) is 1. The SMILES string of the molecule is COC(=O)c1ccc(C)c2nnn(C)c12. The zero-order chi connectivity index (χ0) is 11.0. The minimum atomic E-state index is -0.370. The molecule has 78 valence electrons. The summed E-state index contributed by atoms with van der Waals surface area (Å²) < 4.78 is 6.28. The van der Waals surface area contributed by atoms with Crippen LogP contribution in [0, 0.1) is 6.92 Å². The second-order valence-corrected chi connectivity index (χ2v) is 3.33. The number of nitrogens with zero attached hydrogens (tertiary/aromatic N) is 3. The lowest BCUT2D eigenvalue weighted by molar-refractivity contribution is 0.0602. The summed E-state index contributed by atoms with van der Waals surface area (Å²) in [6, 6.07) is 3.57. The van der Waals surface area contributed by atoms with Crippen LogP contribution >= 0.6 is 0 Å². The molecule has 0 amide bonds. The molecule has 0 saturated carbocycles. The highest BCUT2D eigenvalue weighted by atomic mass is 16.5. The minimum absolute atomic E-state index is 0.370. The predicted molar refractivity (Wildman–Crippen MR) is 54.6 cm³/mol. The van der Waals surface area contributed by atoms with Gasteiger partial charge in [0.05, 0.1) is 12.7 Å². The molecular formula is C10H11N3O2. The number of carbonyl (C=O) groups excluding carboxylic acids is 1. The first-order chi connectivity index (χ1) is 7.15. The zero-order valence-electron chi connectivity index (χ0n) is 8.81. The third-order valence-corrected chi connectivity index (χ3v) is 2.36. The molecule has 2 rings (SSSR count). The quantitative estimate of drug-likeness (QED) is 0.653. The standard InChI is InChI=1S/C10H11N3O2/c1-6-4-5-7(10(14)15-3)9-8(6)11-12-13(9)2/h4-5H,1-3H3. The summed E-state index contributed by atoms with van der Waals surface area (Å²) in [4.78, 5) is 11.5. The highest BCUT2D eigenvalue weighted by Gasteiger charge is 2.15. The highest BCUT2D eigenvalue weighted by Crippen LogP contribution is 2.20. The summed E-state index contributed by atoms with van der Waals surface area (Å²) in [5, 5.41) is 7.89. The van der Waals surface area contributed by atoms with E-state index in [-0.39, 0.29) is 5.97 Å². The van der Waals surface area contributed by atoms with Gasteiger partial charge in [-0.05, 0) is 18.6 Å². The van der Waals surface area contributed by atoms with Crippen LogP contribution in [-0.4, -0.2) is 28.1 Å². The second kappa shape index (κ2) is 3.34. The highest BCUT2D eigenvalue weighted by molar-refractivity contribution is 6.02. The number of benzene rings is 1. The van der Waals surface area contributed by atoms with Crippen LogP contribution < -0.4 is 0 Å². The van der Waals surface area contributed by atoms with Gasteiger partial charge in [-0.2, -0.15) is 0 Å². The van der Waals surface area contributed by atoms with Gasteiger partial charge in [-0.25, -0.2) is 9.48 Å². The first-order valence-corrected chi connectivity index (χ1v) is 4.52. The van der Waals surface area contributed by atoms with E-state index in [9.17, 15) is 4.79 Å². The second-order valence-electron chi connectivity index (χ2n) is 3.33. The molecule has 0 saturated heterocycles. The Bertz CT molecular complexity index is 531. The smallest absolute Gasteiger partial charge is 0.340 e. The average Bonchev–Trinajstić information content (AvgIpc) is 2.62. The lowest BCUT2D eigenvalue weighted by Crippen LogP contribution is -2.05. The molecule has 1 aromatic heterocycles. The Labute approximate surface area is 86.6 Å². The van der Waals surface area contributed by atoms with Crippen molar-refractivity contribution in [3.05, 3.63) is 23.3 Å². The molecule has 0 aliphatic carbocycles. The fourth-order valence-corrected chi connectivity index (χ4v) is 1.57. The summed E-state index contributed by atoms with van der Waals surface area (Å²) in [6.45, 7) is 1.93. The molecule has 0 atom stereocenters. The molecule has 2 aromatic rings. The summed E-state index contributed by atoms with van der Waals surface area (Å²) in [6.07, 6.45) is 0. The summed E-state index contributed by atoms with van der Waals surface area (Å²) in [7, 11) is 3.11. The molecule has 1 heterocycles. The fourth-order valence-electron chi connectivity index (χ4n) is 1.57. The van der Waals surface area contributed by atoms with E-state index >= 15 is 0 Å². The summed E-state index contributed by atoms with van der Waals surface area (Å²) in [5.74, 6) is -0.370. The number of hydrogen-bond acceptors (Lipinski definition) is 4. The Hall–Kier alpha value is -1.91. The molecule has 1 aromatic carbocycles. The third-order valence-electron chi connectivity index (χ3n) is 2.36. The van der Waals surface area contributed by atoms with E-state index in [1.807, 2.05) is 13.0 Å². The van der Waals surface area contributed by atoms with Gasteiger partial charge < -0.3 is 4.74 Å². The minimum Gasteiger partial charge on any atom is -0.465 e. The largest absolute Gasteiger partial charge is 0.465 e. The number of hydrogen-bond donors (Lipinski definition) is 0. The Morgan fingerprint density at radius 2 is 2.20 bits per heavy atom. The van der Waals surface area contributed by atoms with Gasteiger partial charge >= 0.3 is 5.97 Å². The molecular weight excluding hydrogens is 194 g/mol. The first kappa shape index (κ1) is 9.64. The molecule has 5 heteroatoms. The van der Waals surface area contributed by atoms with E-state index in [2.05, 4.69) is 10.3 Å². The number of aromatic nitrogens is 3. The molecule has 5 nitrogen and oxygen atoms in total. The van der Waals surface area contributed by atoms with Gasteiger partial charge in [-0.15, -0.1) is 5.10 Å². The van der Waals surface area contributed by atoms with Gasteiger partial charge in [0.2, 0.25) is 0 Å². The maximum atomic E-state index is 11.5. The van der Waals surface area contributed by atoms with Crippen LogP contribution in [-0.2, 0) is 11.8 Å². The van der Waals surface area contributed by atoms with Gasteiger partial charge in [-0.3, -0.25) is 0 Å². The van der Waals surface area contributed by atoms with E-state index in [0.29, 0.717) is 11.1 Å². The van der Waals surface area contributed by atoms with Crippen LogP contribution in [0.5, 0.6) is 0 Å². The number of esters is 1. The van der Waals surface area contributed by atoms with Crippen LogP contribution in [0.15, 0.2) is 12.1 Å². The van der Waals surface area contributed by atoms with Crippen LogP contribution in [0.2, 0.25) is 0 Å². The number of aryl methyl sites for hydroxylation is 2. The lowest BCUT2D eigenvalue weighted by Gasteiger charge is -2.03. The Balaban J connectivity index is 2.81. The molecule has 0 N–H and O–H groups in total. The van der Waals surface area contributed by atoms with Crippen molar-refractivity contribution >= 4 is 17.0 Å². The fraction of sp³-hybridized carbons (Fsp3) is 0.300. The van der Waals surface area contributed by atoms with Crippen molar-refractivity contribution in [2.45, 2.75) is 6.92 Å². The number of carbonyl (C=O) groups is 1. The van der Waals surface area contributed by atoms with Gasteiger partial charge in [0.25, 0.3) is 0 Å². The van der Waals surface area contributed by atoms with Crippen molar-refractivity contribution in [3.63, 3.8) is 0 Å². The van der Waals surface area contributed by atoms with Crippen LogP contribution in [0.25, 0.3) is 11.0 Å². The van der Waals surface area contributed by atoms with Crippen molar-refractivity contribution in [2.75, 3.05) is 7.11 Å². The van der Waals surface area contributed by atoms with E-state index in [0.717, 1.165) is 11.1 Å². The van der Waals surface area contributed by atoms with Crippen molar-refractivity contribution < 1.29 is 9.53 Å². The van der Waals surface area contributed by atoms with Crippen LogP contribution in [0.3, 0.4) is 0 Å². The molecule has 15 heavy (non-hydrogen) atoms. The summed E-state index contributed by atoms with van der Waals surface area (Å²) >= 11 is 0. The van der Waals surface area contributed by atoms with E-state index in [1.165, 1.54) is 7.11 Å². The van der Waals surface area contributed by atoms with Crippen LogP contribution in [0.1, 0.15) is 15.9 Å². The van der Waals surface area contributed by atoms with E-state index in [4.69, 9.17) is 4.74 Å². The van der Waals surface area contributed by atoms with Crippen molar-refractivity contribution in [1.29, 1.82) is 0 Å². The van der Waals surface area contributed by atoms with E-state index < -0.39 is 0 Å². The van der Waals surface area contributed by atoms with Gasteiger partial charge in [-0.1, -0.05) is 11.3 Å². The normalized spacial score (nSPS) is 10.6. The molecule has 0 fully saturated rings. The monoisotopic (exact) mass is 205 g/mol. The number of methoxy groups -OCH3 is 1. The van der Waals surface area contributed by atoms with Gasteiger partial charge in [0.1, 0.15) is 11.0 Å². The number of fused-ring (bicyclic) bond motifs is 1. The molecule has 0 unspecified atom stereocenters. The molecule has 0 spiro atoms. The Morgan fingerprint density at radius 3 is 2.87 bits per heavy atom. The van der Waals surface area contributed by atoms with Gasteiger partial charge in [0.15, 0.2) is 0 Å². The lowest BCUT2D eigenvalue weighted by atomic mass is 10.1. The molecule has 0 radical (unpaired) electrons. The van der Waals surface area contributed by atoms with Gasteiger partial charge in [0, 0.05) is 7.05 Å². The van der Waals surface area contributed by atoms with Crippen molar-refractivity contribution in [3.8, 4) is 0 Å². The maximum absolute atomic E-state index is 11.5. The third kappa shape index (κ3) is 1.36. The topological polar surface area (TPSA) is 57.0 Å². The first-order valence-electron chi connectivity index (χ1n) is 4.52. The Kier molecular flexibility index (Phi) is 2.15. The molecule has 0 aliphatic rings. The number of rotatable bonds is 1. The van der Waals surface area contributed by atoms with Crippen molar-refractivity contribution in [2.24, 2.45) is 7.05 Å². The average molecular weight is 205 g/mol. The summed E-state index contributed by atoms with van der Waals surface area (Å²) in [5.41, 5.74) is 2.93. The van der Waals surface area contributed by atoms with E-state index in [1.54, 1.807) is 17.8 Å². The van der Waals surface area contributed by atoms with Crippen molar-refractivity contribution in [1.82, 2.24) is 15.0 Å². The molecule has 0 aliphatic heterocycles. The zero-order valence-corrected chi connectivity index (χ0v) is 8.81. The molecule has 0 bridgehead atoms. The Morgan fingerprint density at radius 1 is 1.47 bits per heavy atom. The predicted octanol–water partition coefficient (Wildman–Crippen LogP) is 1.06.